The van der Waals surface area contributed by atoms with Crippen LogP contribution in [0.15, 0.2) is 73.4 Å². The fourth-order valence-electron chi connectivity index (χ4n) is 3.17. The number of pyridine rings is 1. The Hall–Kier alpha value is -4.00. The average Bonchev–Trinajstić information content (AvgIpc) is 3.38. The summed E-state index contributed by atoms with van der Waals surface area (Å²) in [6, 6.07) is 17.2. The first-order valence-electron chi connectivity index (χ1n) is 8.87. The molecule has 0 aliphatic carbocycles. The molecule has 136 valence electrons. The Balaban J connectivity index is 1.30. The van der Waals surface area contributed by atoms with Crippen molar-refractivity contribution in [2.24, 2.45) is 0 Å². The highest BCUT2D eigenvalue weighted by atomic mass is 16.1. The molecular formula is C21H16N6O. The van der Waals surface area contributed by atoms with E-state index in [1.54, 1.807) is 31.0 Å². The standard InChI is InChI=1S/C21H16N6O/c28-21(15-6-7-16-18(9-15)25-12-24-16)23-11-14-5-8-20(22-10-14)27-13-26-17-3-1-2-4-19(17)27/h1-10,12-13H,11H2,(H,23,28)(H,24,25). The second kappa shape index (κ2) is 6.62. The number of aromatic amines is 1. The highest BCUT2D eigenvalue weighted by Crippen LogP contribution is 2.16. The van der Waals surface area contributed by atoms with Crippen molar-refractivity contribution in [1.82, 2.24) is 29.8 Å². The largest absolute Gasteiger partial charge is 0.348 e. The maximum absolute atomic E-state index is 12.4. The van der Waals surface area contributed by atoms with Crippen LogP contribution >= 0.6 is 0 Å². The van der Waals surface area contributed by atoms with Crippen molar-refractivity contribution in [3.8, 4) is 5.82 Å². The van der Waals surface area contributed by atoms with Gasteiger partial charge in [-0.15, -0.1) is 0 Å². The minimum absolute atomic E-state index is 0.138. The Morgan fingerprint density at radius 2 is 1.93 bits per heavy atom. The highest BCUT2D eigenvalue weighted by molar-refractivity contribution is 5.97. The molecule has 0 spiro atoms. The molecule has 0 fully saturated rings. The van der Waals surface area contributed by atoms with Crippen LogP contribution in [0.25, 0.3) is 27.9 Å². The Bertz CT molecular complexity index is 1290. The summed E-state index contributed by atoms with van der Waals surface area (Å²) in [4.78, 5) is 28.5. The first kappa shape index (κ1) is 16.2. The van der Waals surface area contributed by atoms with Gasteiger partial charge in [0.2, 0.25) is 0 Å². The number of aromatic nitrogens is 5. The quantitative estimate of drug-likeness (QED) is 0.510. The Morgan fingerprint density at radius 3 is 2.82 bits per heavy atom. The minimum Gasteiger partial charge on any atom is -0.348 e. The molecule has 0 aliphatic rings. The van der Waals surface area contributed by atoms with Gasteiger partial charge in [-0.25, -0.2) is 15.0 Å². The molecule has 5 aromatic rings. The number of hydrogen-bond donors (Lipinski definition) is 2. The number of imidazole rings is 2. The fourth-order valence-corrected chi connectivity index (χ4v) is 3.17. The second-order valence-corrected chi connectivity index (χ2v) is 6.45. The number of amides is 1. The van der Waals surface area contributed by atoms with Gasteiger partial charge in [0.25, 0.3) is 5.91 Å². The summed E-state index contributed by atoms with van der Waals surface area (Å²) in [6.45, 7) is 0.401. The van der Waals surface area contributed by atoms with Gasteiger partial charge in [0.15, 0.2) is 0 Å². The third-order valence-corrected chi connectivity index (χ3v) is 4.65. The van der Waals surface area contributed by atoms with Crippen LogP contribution in [0.3, 0.4) is 0 Å². The maximum atomic E-state index is 12.4. The number of rotatable bonds is 4. The lowest BCUT2D eigenvalue weighted by atomic mass is 10.2. The number of hydrogen-bond acceptors (Lipinski definition) is 4. The fraction of sp³-hybridized carbons (Fsp3) is 0.0476. The molecule has 5 rings (SSSR count). The number of para-hydroxylation sites is 2. The smallest absolute Gasteiger partial charge is 0.251 e. The zero-order valence-electron chi connectivity index (χ0n) is 14.8. The van der Waals surface area contributed by atoms with Crippen LogP contribution in [0.5, 0.6) is 0 Å². The van der Waals surface area contributed by atoms with Crippen molar-refractivity contribution in [1.29, 1.82) is 0 Å². The number of nitrogens with zero attached hydrogens (tertiary/aromatic N) is 4. The molecule has 1 amide bonds. The molecule has 0 radical (unpaired) electrons. The van der Waals surface area contributed by atoms with Crippen molar-refractivity contribution in [2.75, 3.05) is 0 Å². The summed E-state index contributed by atoms with van der Waals surface area (Å²) >= 11 is 0. The van der Waals surface area contributed by atoms with E-state index in [0.717, 1.165) is 33.4 Å². The monoisotopic (exact) mass is 368 g/mol. The average molecular weight is 368 g/mol. The predicted octanol–water partition coefficient (Wildman–Crippen LogP) is 3.23. The molecule has 0 unspecified atom stereocenters. The van der Waals surface area contributed by atoms with Crippen molar-refractivity contribution in [3.05, 3.63) is 84.6 Å². The first-order chi connectivity index (χ1) is 13.8. The molecule has 0 bridgehead atoms. The van der Waals surface area contributed by atoms with Gasteiger partial charge in [0.05, 0.1) is 28.4 Å². The molecule has 3 heterocycles. The zero-order chi connectivity index (χ0) is 18.9. The molecule has 7 heteroatoms. The van der Waals surface area contributed by atoms with Gasteiger partial charge in [-0.2, -0.15) is 0 Å². The van der Waals surface area contributed by atoms with Gasteiger partial charge in [0.1, 0.15) is 12.1 Å². The topological polar surface area (TPSA) is 88.5 Å². The van der Waals surface area contributed by atoms with E-state index >= 15 is 0 Å². The summed E-state index contributed by atoms with van der Waals surface area (Å²) in [5.41, 5.74) is 5.12. The molecule has 0 saturated carbocycles. The van der Waals surface area contributed by atoms with Crippen molar-refractivity contribution in [2.45, 2.75) is 6.54 Å². The summed E-state index contributed by atoms with van der Waals surface area (Å²) in [6.07, 6.45) is 5.14. The van der Waals surface area contributed by atoms with Crippen molar-refractivity contribution >= 4 is 28.0 Å². The lowest BCUT2D eigenvalue weighted by molar-refractivity contribution is 0.0951. The van der Waals surface area contributed by atoms with Crippen molar-refractivity contribution in [3.63, 3.8) is 0 Å². The van der Waals surface area contributed by atoms with Crippen LogP contribution in [-0.2, 0) is 6.54 Å². The van der Waals surface area contributed by atoms with Crippen LogP contribution in [0, 0.1) is 0 Å². The Labute approximate surface area is 160 Å². The van der Waals surface area contributed by atoms with Gasteiger partial charge in [-0.3, -0.25) is 9.36 Å². The second-order valence-electron chi connectivity index (χ2n) is 6.45. The van der Waals surface area contributed by atoms with Crippen LogP contribution in [0.4, 0.5) is 0 Å². The predicted molar refractivity (Wildman–Crippen MR) is 106 cm³/mol. The SMILES string of the molecule is O=C(NCc1ccc(-n2cnc3ccccc32)nc1)c1ccc2nc[nH]c2c1. The maximum Gasteiger partial charge on any atom is 0.251 e. The minimum atomic E-state index is -0.138. The van der Waals surface area contributed by atoms with Crippen LogP contribution in [0.1, 0.15) is 15.9 Å². The van der Waals surface area contributed by atoms with E-state index in [1.165, 1.54) is 0 Å². The summed E-state index contributed by atoms with van der Waals surface area (Å²) in [5.74, 6) is 0.648. The third-order valence-electron chi connectivity index (χ3n) is 4.65. The van der Waals surface area contributed by atoms with Gasteiger partial charge < -0.3 is 10.3 Å². The van der Waals surface area contributed by atoms with Crippen LogP contribution in [0.2, 0.25) is 0 Å². The molecule has 0 aliphatic heterocycles. The number of nitrogens with one attached hydrogen (secondary N) is 2. The Morgan fingerprint density at radius 1 is 1.00 bits per heavy atom. The lowest BCUT2D eigenvalue weighted by Gasteiger charge is -2.07. The van der Waals surface area contributed by atoms with E-state index < -0.39 is 0 Å². The van der Waals surface area contributed by atoms with Gasteiger partial charge in [0, 0.05) is 18.3 Å². The molecule has 0 saturated heterocycles. The van der Waals surface area contributed by atoms with E-state index in [4.69, 9.17) is 0 Å². The number of benzene rings is 2. The summed E-state index contributed by atoms with van der Waals surface area (Å²) < 4.78 is 1.94. The van der Waals surface area contributed by atoms with E-state index in [0.29, 0.717) is 12.1 Å². The van der Waals surface area contributed by atoms with Gasteiger partial charge in [-0.05, 0) is 42.0 Å². The molecule has 2 N–H and O–H groups in total. The normalized spacial score (nSPS) is 11.1. The molecule has 3 aromatic heterocycles. The summed E-state index contributed by atoms with van der Waals surface area (Å²) in [7, 11) is 0. The third kappa shape index (κ3) is 2.88. The van der Waals surface area contributed by atoms with Gasteiger partial charge in [-0.1, -0.05) is 18.2 Å². The van der Waals surface area contributed by atoms with E-state index in [-0.39, 0.29) is 5.91 Å². The summed E-state index contributed by atoms with van der Waals surface area (Å²) in [5, 5.41) is 2.92. The number of fused-ring (bicyclic) bond motifs is 2. The van der Waals surface area contributed by atoms with E-state index in [1.807, 2.05) is 47.0 Å². The highest BCUT2D eigenvalue weighted by Gasteiger charge is 2.08. The van der Waals surface area contributed by atoms with Crippen LogP contribution in [-0.4, -0.2) is 30.4 Å². The number of H-pyrrole nitrogens is 1. The first-order valence-corrected chi connectivity index (χ1v) is 8.87. The molecule has 7 nitrogen and oxygen atoms in total. The van der Waals surface area contributed by atoms with Gasteiger partial charge >= 0.3 is 0 Å². The van der Waals surface area contributed by atoms with Crippen LogP contribution < -0.4 is 5.32 Å². The van der Waals surface area contributed by atoms with E-state index in [9.17, 15) is 4.79 Å². The van der Waals surface area contributed by atoms with Crippen molar-refractivity contribution < 1.29 is 4.79 Å². The Kier molecular flexibility index (Phi) is 3.83. The molecular weight excluding hydrogens is 352 g/mol. The molecule has 2 aromatic carbocycles. The molecule has 0 atom stereocenters. The lowest BCUT2D eigenvalue weighted by Crippen LogP contribution is -2.22. The van der Waals surface area contributed by atoms with E-state index in [2.05, 4.69) is 25.3 Å². The number of carbonyl (C=O) groups is 1. The molecule has 28 heavy (non-hydrogen) atoms. The number of carbonyl (C=O) groups excluding carboxylic acids is 1. The zero-order valence-corrected chi connectivity index (χ0v) is 14.8.